The molecule has 0 aromatic carbocycles. The van der Waals surface area contributed by atoms with Crippen LogP contribution in [0.15, 0.2) is 18.3 Å². The molecule has 1 aliphatic heterocycles. The number of piperidine rings is 1. The van der Waals surface area contributed by atoms with E-state index in [0.29, 0.717) is 5.82 Å². The van der Waals surface area contributed by atoms with Crippen LogP contribution in [0.4, 0.5) is 19.0 Å². The normalized spacial score (nSPS) is 18.1. The van der Waals surface area contributed by atoms with Gasteiger partial charge in [0.15, 0.2) is 0 Å². The molecule has 1 aromatic heterocycles. The zero-order valence-corrected chi connectivity index (χ0v) is 9.74. The number of hydrogen-bond donors (Lipinski definition) is 2. The Labute approximate surface area is 103 Å². The summed E-state index contributed by atoms with van der Waals surface area (Å²) in [5, 5.41) is 0. The van der Waals surface area contributed by atoms with Crippen LogP contribution in [0.3, 0.4) is 0 Å². The maximum Gasteiger partial charge on any atom is 0.417 e. The van der Waals surface area contributed by atoms with Gasteiger partial charge in [-0.25, -0.2) is 4.98 Å². The molecule has 2 heterocycles. The van der Waals surface area contributed by atoms with Crippen molar-refractivity contribution < 1.29 is 13.2 Å². The lowest BCUT2D eigenvalue weighted by Crippen LogP contribution is -2.45. The smallest absolute Gasteiger partial charge is 0.357 e. The van der Waals surface area contributed by atoms with E-state index in [1.165, 1.54) is 6.07 Å². The van der Waals surface area contributed by atoms with E-state index < -0.39 is 11.7 Å². The summed E-state index contributed by atoms with van der Waals surface area (Å²) in [5.74, 6) is 5.93. The van der Waals surface area contributed by atoms with Crippen molar-refractivity contribution in [1.29, 1.82) is 0 Å². The molecular formula is C11H15F3N4. The van der Waals surface area contributed by atoms with Crippen molar-refractivity contribution in [3.8, 4) is 0 Å². The van der Waals surface area contributed by atoms with Gasteiger partial charge in [0.05, 0.1) is 5.56 Å². The van der Waals surface area contributed by atoms with Crippen molar-refractivity contribution in [3.05, 3.63) is 23.9 Å². The summed E-state index contributed by atoms with van der Waals surface area (Å²) in [7, 11) is 0. The standard InChI is InChI=1S/C11H15F3N4/c12-11(13,14)8-1-2-10(16-7-8)18-5-3-9(17-15)4-6-18/h1-2,7,9,17H,3-6,15H2. The molecule has 4 nitrogen and oxygen atoms in total. The van der Waals surface area contributed by atoms with Crippen LogP contribution >= 0.6 is 0 Å². The van der Waals surface area contributed by atoms with Crippen molar-refractivity contribution in [2.75, 3.05) is 18.0 Å². The molecule has 3 N–H and O–H groups in total. The molecule has 1 aromatic rings. The van der Waals surface area contributed by atoms with Gasteiger partial charge < -0.3 is 4.90 Å². The Morgan fingerprint density at radius 3 is 2.39 bits per heavy atom. The number of pyridine rings is 1. The van der Waals surface area contributed by atoms with Gasteiger partial charge in [-0.3, -0.25) is 11.3 Å². The van der Waals surface area contributed by atoms with Crippen molar-refractivity contribution >= 4 is 5.82 Å². The molecule has 1 saturated heterocycles. The van der Waals surface area contributed by atoms with Crippen molar-refractivity contribution in [2.45, 2.75) is 25.1 Å². The molecule has 1 fully saturated rings. The first-order valence-corrected chi connectivity index (χ1v) is 5.75. The second-order valence-electron chi connectivity index (χ2n) is 4.33. The molecular weight excluding hydrogens is 245 g/mol. The van der Waals surface area contributed by atoms with E-state index in [0.717, 1.165) is 38.2 Å². The third-order valence-electron chi connectivity index (χ3n) is 3.13. The lowest BCUT2D eigenvalue weighted by molar-refractivity contribution is -0.137. The van der Waals surface area contributed by atoms with Gasteiger partial charge in [0.1, 0.15) is 5.82 Å². The average Bonchev–Trinajstić information content (AvgIpc) is 2.38. The number of anilines is 1. The highest BCUT2D eigenvalue weighted by atomic mass is 19.4. The Kier molecular flexibility index (Phi) is 3.72. The molecule has 0 aliphatic carbocycles. The molecule has 2 rings (SSSR count). The first-order chi connectivity index (χ1) is 8.50. The largest absolute Gasteiger partial charge is 0.417 e. The third kappa shape index (κ3) is 2.91. The Hall–Kier alpha value is -1.34. The molecule has 0 spiro atoms. The van der Waals surface area contributed by atoms with Gasteiger partial charge in [-0.15, -0.1) is 0 Å². The summed E-state index contributed by atoms with van der Waals surface area (Å²) in [6, 6.07) is 2.75. The van der Waals surface area contributed by atoms with Crippen LogP contribution in [0, 0.1) is 0 Å². The second-order valence-corrected chi connectivity index (χ2v) is 4.33. The molecule has 7 heteroatoms. The van der Waals surface area contributed by atoms with Crippen LogP contribution in [0.2, 0.25) is 0 Å². The highest BCUT2D eigenvalue weighted by Gasteiger charge is 2.31. The molecule has 0 radical (unpaired) electrons. The number of nitrogens with one attached hydrogen (secondary N) is 1. The van der Waals surface area contributed by atoms with Crippen LogP contribution in [-0.4, -0.2) is 24.1 Å². The SMILES string of the molecule is NNC1CCN(c2ccc(C(F)(F)F)cn2)CC1. The number of nitrogens with two attached hydrogens (primary N) is 1. The predicted molar refractivity (Wildman–Crippen MR) is 61.8 cm³/mol. The first kappa shape index (κ1) is 13.1. The molecule has 0 amide bonds. The second kappa shape index (κ2) is 5.11. The quantitative estimate of drug-likeness (QED) is 0.625. The van der Waals surface area contributed by atoms with E-state index in [2.05, 4.69) is 10.4 Å². The summed E-state index contributed by atoms with van der Waals surface area (Å²) in [5.41, 5.74) is 1.99. The topological polar surface area (TPSA) is 54.2 Å². The number of rotatable bonds is 2. The first-order valence-electron chi connectivity index (χ1n) is 5.75. The number of hydrogen-bond acceptors (Lipinski definition) is 4. The molecule has 0 saturated carbocycles. The van der Waals surface area contributed by atoms with Crippen molar-refractivity contribution in [2.24, 2.45) is 5.84 Å². The minimum absolute atomic E-state index is 0.274. The van der Waals surface area contributed by atoms with Gasteiger partial charge in [-0.1, -0.05) is 0 Å². The minimum Gasteiger partial charge on any atom is -0.357 e. The predicted octanol–water partition coefficient (Wildman–Crippen LogP) is 1.53. The van der Waals surface area contributed by atoms with Gasteiger partial charge in [-0.05, 0) is 25.0 Å². The Bertz CT molecular complexity index is 382. The van der Waals surface area contributed by atoms with Crippen LogP contribution in [0.25, 0.3) is 0 Å². The summed E-state index contributed by atoms with van der Waals surface area (Å²) >= 11 is 0. The van der Waals surface area contributed by atoms with Crippen LogP contribution in [0.5, 0.6) is 0 Å². The fourth-order valence-corrected chi connectivity index (χ4v) is 2.02. The Morgan fingerprint density at radius 1 is 1.28 bits per heavy atom. The van der Waals surface area contributed by atoms with Gasteiger partial charge in [0.25, 0.3) is 0 Å². The van der Waals surface area contributed by atoms with Crippen LogP contribution in [-0.2, 0) is 6.18 Å². The maximum absolute atomic E-state index is 12.4. The van der Waals surface area contributed by atoms with E-state index in [-0.39, 0.29) is 6.04 Å². The van der Waals surface area contributed by atoms with Gasteiger partial charge in [0, 0.05) is 25.3 Å². The van der Waals surface area contributed by atoms with Gasteiger partial charge in [0.2, 0.25) is 0 Å². The molecule has 0 unspecified atom stereocenters. The Balaban J connectivity index is 2.02. The van der Waals surface area contributed by atoms with Crippen molar-refractivity contribution in [1.82, 2.24) is 10.4 Å². The number of halogens is 3. The minimum atomic E-state index is -4.33. The van der Waals surface area contributed by atoms with Crippen LogP contribution < -0.4 is 16.2 Å². The van der Waals surface area contributed by atoms with E-state index in [4.69, 9.17) is 5.84 Å². The average molecular weight is 260 g/mol. The highest BCUT2D eigenvalue weighted by molar-refractivity contribution is 5.40. The highest BCUT2D eigenvalue weighted by Crippen LogP contribution is 2.29. The number of alkyl halides is 3. The van der Waals surface area contributed by atoms with Gasteiger partial charge in [-0.2, -0.15) is 13.2 Å². The van der Waals surface area contributed by atoms with E-state index in [1.807, 2.05) is 4.90 Å². The van der Waals surface area contributed by atoms with Crippen molar-refractivity contribution in [3.63, 3.8) is 0 Å². The number of aromatic nitrogens is 1. The number of hydrazine groups is 1. The van der Waals surface area contributed by atoms with Gasteiger partial charge >= 0.3 is 6.18 Å². The fourth-order valence-electron chi connectivity index (χ4n) is 2.02. The molecule has 0 bridgehead atoms. The summed E-state index contributed by atoms with van der Waals surface area (Å²) in [4.78, 5) is 5.84. The molecule has 1 aliphatic rings. The summed E-state index contributed by atoms with van der Waals surface area (Å²) < 4.78 is 37.1. The fraction of sp³-hybridized carbons (Fsp3) is 0.545. The lowest BCUT2D eigenvalue weighted by atomic mass is 10.1. The molecule has 100 valence electrons. The maximum atomic E-state index is 12.4. The van der Waals surface area contributed by atoms with E-state index in [9.17, 15) is 13.2 Å². The molecule has 18 heavy (non-hydrogen) atoms. The molecule has 0 atom stereocenters. The zero-order valence-electron chi connectivity index (χ0n) is 9.74. The zero-order chi connectivity index (χ0) is 13.2. The summed E-state index contributed by atoms with van der Waals surface area (Å²) in [6.07, 6.45) is -1.73. The van der Waals surface area contributed by atoms with Crippen LogP contribution in [0.1, 0.15) is 18.4 Å². The van der Waals surface area contributed by atoms with E-state index >= 15 is 0 Å². The number of nitrogens with zero attached hydrogens (tertiary/aromatic N) is 2. The Morgan fingerprint density at radius 2 is 1.94 bits per heavy atom. The van der Waals surface area contributed by atoms with E-state index in [1.54, 1.807) is 0 Å². The summed E-state index contributed by atoms with van der Waals surface area (Å²) in [6.45, 7) is 1.49. The third-order valence-corrected chi connectivity index (χ3v) is 3.13. The monoisotopic (exact) mass is 260 g/mol. The lowest BCUT2D eigenvalue weighted by Gasteiger charge is -2.32.